The second-order valence-electron chi connectivity index (χ2n) is 3.80. The van der Waals surface area contributed by atoms with E-state index in [-0.39, 0.29) is 0 Å². The van der Waals surface area contributed by atoms with E-state index in [0.717, 1.165) is 0 Å². The van der Waals surface area contributed by atoms with Crippen molar-refractivity contribution in [2.24, 2.45) is 0 Å². The second-order valence-corrected chi connectivity index (χ2v) is 6.09. The van der Waals surface area contributed by atoms with Crippen LogP contribution in [0.3, 0.4) is 0 Å². The Kier molecular flexibility index (Phi) is 3.99. The van der Waals surface area contributed by atoms with Crippen LogP contribution in [0.1, 0.15) is 45.6 Å². The Morgan fingerprint density at radius 3 is 2.54 bits per heavy atom. The summed E-state index contributed by atoms with van der Waals surface area (Å²) in [5.74, 6) is 0. The van der Waals surface area contributed by atoms with E-state index in [1.54, 1.807) is 11.3 Å². The van der Waals surface area contributed by atoms with Crippen LogP contribution >= 0.6 is 27.3 Å². The first-order valence-electron chi connectivity index (χ1n) is 4.87. The molecule has 0 nitrogen and oxygen atoms in total. The van der Waals surface area contributed by atoms with Crippen molar-refractivity contribution >= 4 is 27.3 Å². The predicted octanol–water partition coefficient (Wildman–Crippen LogP) is 4.98. The van der Waals surface area contributed by atoms with Crippen LogP contribution in [-0.4, -0.2) is 0 Å². The third-order valence-electron chi connectivity index (χ3n) is 2.85. The lowest BCUT2D eigenvalue weighted by Crippen LogP contribution is -2.19. The Morgan fingerprint density at radius 2 is 2.15 bits per heavy atom. The fraction of sp³-hybridized carbons (Fsp3) is 0.636. The van der Waals surface area contributed by atoms with Gasteiger partial charge in [-0.1, -0.05) is 27.2 Å². The normalized spacial score (nSPS) is 15.7. The van der Waals surface area contributed by atoms with E-state index < -0.39 is 0 Å². The molecule has 0 fully saturated rings. The fourth-order valence-electron chi connectivity index (χ4n) is 1.70. The molecule has 2 heteroatoms. The Morgan fingerprint density at radius 1 is 1.46 bits per heavy atom. The molecule has 0 amide bonds. The van der Waals surface area contributed by atoms with Crippen LogP contribution in [-0.2, 0) is 5.41 Å². The smallest absolute Gasteiger partial charge is 0.0701 e. The van der Waals surface area contributed by atoms with E-state index in [4.69, 9.17) is 0 Å². The van der Waals surface area contributed by atoms with Gasteiger partial charge in [-0.05, 0) is 51.2 Å². The van der Waals surface area contributed by atoms with Crippen LogP contribution in [0.25, 0.3) is 0 Å². The summed E-state index contributed by atoms with van der Waals surface area (Å²) in [6.45, 7) is 6.90. The number of thiophene rings is 1. The highest BCUT2D eigenvalue weighted by Gasteiger charge is 2.24. The molecule has 0 bridgehead atoms. The molecule has 1 rings (SSSR count). The Hall–Kier alpha value is 0.180. The lowest BCUT2D eigenvalue weighted by atomic mass is 9.78. The molecule has 0 aliphatic heterocycles. The fourth-order valence-corrected chi connectivity index (χ4v) is 3.02. The topological polar surface area (TPSA) is 0 Å². The van der Waals surface area contributed by atoms with Gasteiger partial charge in [-0.25, -0.2) is 0 Å². The third kappa shape index (κ3) is 2.57. The first-order valence-corrected chi connectivity index (χ1v) is 6.54. The van der Waals surface area contributed by atoms with E-state index in [9.17, 15) is 0 Å². The zero-order chi connectivity index (χ0) is 9.90. The molecule has 1 atom stereocenters. The molecule has 1 unspecified atom stereocenters. The minimum Gasteiger partial charge on any atom is -0.137 e. The van der Waals surface area contributed by atoms with E-state index in [2.05, 4.69) is 48.1 Å². The van der Waals surface area contributed by atoms with Crippen LogP contribution in [0.5, 0.6) is 0 Å². The van der Waals surface area contributed by atoms with Crippen molar-refractivity contribution < 1.29 is 0 Å². The van der Waals surface area contributed by atoms with Gasteiger partial charge in [0.25, 0.3) is 0 Å². The molecule has 0 saturated heterocycles. The van der Waals surface area contributed by atoms with Crippen LogP contribution in [0.2, 0.25) is 0 Å². The monoisotopic (exact) mass is 260 g/mol. The van der Waals surface area contributed by atoms with Gasteiger partial charge >= 0.3 is 0 Å². The standard InChI is InChI=1S/C11H17BrS/c1-4-6-11(3,5-2)9-7-10(12)13-8-9/h7-8H,4-6H2,1-3H3. The van der Waals surface area contributed by atoms with Gasteiger partial charge in [-0.15, -0.1) is 11.3 Å². The van der Waals surface area contributed by atoms with E-state index >= 15 is 0 Å². The van der Waals surface area contributed by atoms with Crippen LogP contribution in [0.4, 0.5) is 0 Å². The summed E-state index contributed by atoms with van der Waals surface area (Å²) in [6, 6.07) is 2.27. The summed E-state index contributed by atoms with van der Waals surface area (Å²) in [7, 11) is 0. The summed E-state index contributed by atoms with van der Waals surface area (Å²) in [6.07, 6.45) is 3.77. The summed E-state index contributed by atoms with van der Waals surface area (Å²) in [5.41, 5.74) is 1.88. The Labute approximate surface area is 93.5 Å². The highest BCUT2D eigenvalue weighted by atomic mass is 79.9. The van der Waals surface area contributed by atoms with Crippen molar-refractivity contribution in [2.75, 3.05) is 0 Å². The minimum atomic E-state index is 0.386. The molecule has 0 aliphatic rings. The van der Waals surface area contributed by atoms with Crippen LogP contribution in [0, 0.1) is 0 Å². The number of rotatable bonds is 4. The zero-order valence-corrected chi connectivity index (χ0v) is 11.0. The van der Waals surface area contributed by atoms with Gasteiger partial charge in [0.1, 0.15) is 0 Å². The molecule has 0 aromatic carbocycles. The zero-order valence-electron chi connectivity index (χ0n) is 8.56. The Bertz CT molecular complexity index is 267. The molecule has 0 spiro atoms. The van der Waals surface area contributed by atoms with Gasteiger partial charge in [0.05, 0.1) is 3.79 Å². The first kappa shape index (κ1) is 11.3. The summed E-state index contributed by atoms with van der Waals surface area (Å²) < 4.78 is 1.25. The maximum atomic E-state index is 3.52. The number of halogens is 1. The molecular weight excluding hydrogens is 244 g/mol. The second kappa shape index (κ2) is 4.61. The average Bonchev–Trinajstić information content (AvgIpc) is 2.52. The van der Waals surface area contributed by atoms with Gasteiger partial charge in [-0.3, -0.25) is 0 Å². The first-order chi connectivity index (χ1) is 6.12. The molecule has 13 heavy (non-hydrogen) atoms. The number of hydrogen-bond acceptors (Lipinski definition) is 1. The molecule has 0 saturated carbocycles. The van der Waals surface area contributed by atoms with E-state index in [1.165, 1.54) is 28.6 Å². The quantitative estimate of drug-likeness (QED) is 0.717. The number of hydrogen-bond donors (Lipinski definition) is 0. The largest absolute Gasteiger partial charge is 0.137 e. The summed E-state index contributed by atoms with van der Waals surface area (Å²) in [4.78, 5) is 0. The van der Waals surface area contributed by atoms with E-state index in [1.807, 2.05) is 0 Å². The molecule has 1 aromatic rings. The van der Waals surface area contributed by atoms with Crippen molar-refractivity contribution in [2.45, 2.75) is 45.4 Å². The SMILES string of the molecule is CCCC(C)(CC)c1csc(Br)c1. The van der Waals surface area contributed by atoms with Crippen LogP contribution < -0.4 is 0 Å². The minimum absolute atomic E-state index is 0.386. The lowest BCUT2D eigenvalue weighted by molar-refractivity contribution is 0.415. The third-order valence-corrected chi connectivity index (χ3v) is 4.35. The van der Waals surface area contributed by atoms with Crippen LogP contribution in [0.15, 0.2) is 15.2 Å². The summed E-state index contributed by atoms with van der Waals surface area (Å²) >= 11 is 5.31. The van der Waals surface area contributed by atoms with Crippen molar-refractivity contribution in [1.82, 2.24) is 0 Å². The maximum Gasteiger partial charge on any atom is 0.0701 e. The maximum absolute atomic E-state index is 3.52. The van der Waals surface area contributed by atoms with Crippen molar-refractivity contribution in [1.29, 1.82) is 0 Å². The highest BCUT2D eigenvalue weighted by Crippen LogP contribution is 2.36. The average molecular weight is 261 g/mol. The molecule has 1 heterocycles. The molecule has 74 valence electrons. The van der Waals surface area contributed by atoms with Crippen molar-refractivity contribution in [3.05, 3.63) is 20.8 Å². The Balaban J connectivity index is 2.88. The summed E-state index contributed by atoms with van der Waals surface area (Å²) in [5, 5.41) is 2.28. The van der Waals surface area contributed by atoms with Gasteiger partial charge < -0.3 is 0 Å². The van der Waals surface area contributed by atoms with Gasteiger partial charge in [-0.2, -0.15) is 0 Å². The van der Waals surface area contributed by atoms with E-state index in [0.29, 0.717) is 5.41 Å². The molecule has 1 aromatic heterocycles. The van der Waals surface area contributed by atoms with Crippen molar-refractivity contribution in [3.8, 4) is 0 Å². The van der Waals surface area contributed by atoms with Gasteiger partial charge in [0.2, 0.25) is 0 Å². The molecule has 0 N–H and O–H groups in total. The highest BCUT2D eigenvalue weighted by molar-refractivity contribution is 9.11. The van der Waals surface area contributed by atoms with Crippen molar-refractivity contribution in [3.63, 3.8) is 0 Å². The van der Waals surface area contributed by atoms with Gasteiger partial charge in [0.15, 0.2) is 0 Å². The lowest BCUT2D eigenvalue weighted by Gasteiger charge is -2.27. The molecular formula is C11H17BrS. The van der Waals surface area contributed by atoms with Gasteiger partial charge in [0, 0.05) is 0 Å². The molecule has 0 aliphatic carbocycles. The molecule has 0 radical (unpaired) electrons. The predicted molar refractivity (Wildman–Crippen MR) is 64.6 cm³/mol.